The van der Waals surface area contributed by atoms with Gasteiger partial charge in [0, 0.05) is 5.69 Å². The smallest absolute Gasteiger partial charge is 0.335 e. The van der Waals surface area contributed by atoms with E-state index in [1.54, 1.807) is 12.1 Å². The number of nitrogens with one attached hydrogen (secondary N) is 1. The van der Waals surface area contributed by atoms with E-state index in [0.717, 1.165) is 7.11 Å². The van der Waals surface area contributed by atoms with Crippen LogP contribution in [0.5, 0.6) is 0 Å². The van der Waals surface area contributed by atoms with Gasteiger partial charge in [-0.25, -0.2) is 4.79 Å². The van der Waals surface area contributed by atoms with Crippen LogP contribution in [0.25, 0.3) is 0 Å². The fourth-order valence-electron chi connectivity index (χ4n) is 1.17. The molecule has 0 fully saturated rings. The number of anilines is 1. The van der Waals surface area contributed by atoms with Crippen molar-refractivity contribution in [3.63, 3.8) is 0 Å². The lowest BCUT2D eigenvalue weighted by molar-refractivity contribution is -0.145. The Bertz CT molecular complexity index is 556. The van der Waals surface area contributed by atoms with E-state index in [4.69, 9.17) is 16.1 Å². The summed E-state index contributed by atoms with van der Waals surface area (Å²) in [5.41, 5.74) is 3.34. The lowest BCUT2D eigenvalue weighted by Gasteiger charge is -1.98. The zero-order valence-electron chi connectivity index (χ0n) is 14.4. The molecule has 1 aromatic rings. The number of methoxy groups -OCH3 is 1. The molecule has 0 aromatic heterocycles. The topological polar surface area (TPSA) is 156 Å². The van der Waals surface area contributed by atoms with Crippen molar-refractivity contribution in [2.24, 2.45) is 5.84 Å². The number of nitrogens with two attached hydrogens (primary N) is 1. The minimum absolute atomic E-state index is 0.254. The van der Waals surface area contributed by atoms with Crippen LogP contribution in [0.1, 0.15) is 43.5 Å². The number of aromatic carboxylic acids is 1. The summed E-state index contributed by atoms with van der Waals surface area (Å²) in [5, 5.41) is 16.6. The molecule has 1 rings (SSSR count). The third kappa shape index (κ3) is 14.4. The van der Waals surface area contributed by atoms with Crippen LogP contribution in [0, 0.1) is 0 Å². The number of carbonyl (C=O) groups is 4. The Labute approximate surface area is 145 Å². The average Bonchev–Trinajstić information content (AvgIpc) is 2.55. The third-order valence-electron chi connectivity index (χ3n) is 2.22. The molecule has 5 N–H and O–H groups in total. The first-order chi connectivity index (χ1) is 11.7. The molecule has 0 aliphatic carbocycles. The average molecular weight is 356 g/mol. The third-order valence-corrected chi connectivity index (χ3v) is 2.22. The number of carboxylic acids is 2. The van der Waals surface area contributed by atoms with E-state index in [9.17, 15) is 19.2 Å². The van der Waals surface area contributed by atoms with Gasteiger partial charge in [0.25, 0.3) is 0 Å². The van der Waals surface area contributed by atoms with Gasteiger partial charge in [0.2, 0.25) is 0 Å². The van der Waals surface area contributed by atoms with E-state index in [0.29, 0.717) is 5.69 Å². The second-order valence-corrected chi connectivity index (χ2v) is 4.60. The summed E-state index contributed by atoms with van der Waals surface area (Å²) in [6.45, 7) is 4.25. The molecule has 140 valence electrons. The summed E-state index contributed by atoms with van der Waals surface area (Å²) in [5.74, 6) is 1.54. The monoisotopic (exact) mass is 356 g/mol. The molecule has 0 saturated heterocycles. The van der Waals surface area contributed by atoms with Gasteiger partial charge in [0.1, 0.15) is 12.8 Å². The lowest BCUT2D eigenvalue weighted by Crippen LogP contribution is -2.12. The second-order valence-electron chi connectivity index (χ2n) is 4.60. The van der Waals surface area contributed by atoms with Gasteiger partial charge < -0.3 is 20.4 Å². The maximum absolute atomic E-state index is 10.5. The quantitative estimate of drug-likeness (QED) is 0.258. The highest BCUT2D eigenvalue weighted by molar-refractivity contribution is 6.03. The first kappa shape index (κ1) is 24.3. The van der Waals surface area contributed by atoms with E-state index >= 15 is 0 Å². The van der Waals surface area contributed by atoms with Crippen molar-refractivity contribution in [2.75, 3.05) is 12.5 Å². The molecule has 0 aliphatic heterocycles. The van der Waals surface area contributed by atoms with Crippen LogP contribution in [-0.4, -0.2) is 41.0 Å². The molecule has 0 spiro atoms. The van der Waals surface area contributed by atoms with Gasteiger partial charge in [-0.2, -0.15) is 0 Å². The first-order valence-electron chi connectivity index (χ1n) is 7.31. The minimum Gasteiger partial charge on any atom is -0.481 e. The SMILES string of the molecule is CCC.COC(=O)CC(=O)CC(=O)O.NNc1ccc(C(=O)O)cc1. The van der Waals surface area contributed by atoms with Gasteiger partial charge in [-0.15, -0.1) is 0 Å². The second kappa shape index (κ2) is 14.6. The molecule has 0 saturated carbocycles. The molecule has 0 bridgehead atoms. The normalized spacial score (nSPS) is 8.64. The number of carboxylic acid groups (broad SMARTS) is 2. The number of ether oxygens (including phenoxy) is 1. The number of Topliss-reactive ketones (excluding diaryl/α,β-unsaturated/α-hetero) is 1. The highest BCUT2D eigenvalue weighted by Crippen LogP contribution is 2.07. The van der Waals surface area contributed by atoms with E-state index in [2.05, 4.69) is 24.0 Å². The summed E-state index contributed by atoms with van der Waals surface area (Å²) in [4.78, 5) is 41.2. The summed E-state index contributed by atoms with van der Waals surface area (Å²) < 4.78 is 4.15. The van der Waals surface area contributed by atoms with Crippen LogP contribution >= 0.6 is 0 Å². The zero-order valence-corrected chi connectivity index (χ0v) is 14.4. The number of ketones is 1. The van der Waals surface area contributed by atoms with Crippen molar-refractivity contribution in [1.82, 2.24) is 0 Å². The summed E-state index contributed by atoms with van der Waals surface area (Å²) >= 11 is 0. The van der Waals surface area contributed by atoms with Gasteiger partial charge in [0.15, 0.2) is 5.78 Å². The molecule has 25 heavy (non-hydrogen) atoms. The van der Waals surface area contributed by atoms with Gasteiger partial charge >= 0.3 is 17.9 Å². The number of aliphatic carboxylic acids is 1. The summed E-state index contributed by atoms with van der Waals surface area (Å²) in [6, 6.07) is 6.17. The van der Waals surface area contributed by atoms with Crippen LogP contribution in [0.15, 0.2) is 24.3 Å². The Morgan fingerprint density at radius 2 is 1.52 bits per heavy atom. The molecule has 0 amide bonds. The molecule has 0 radical (unpaired) electrons. The highest BCUT2D eigenvalue weighted by Gasteiger charge is 2.12. The van der Waals surface area contributed by atoms with Crippen molar-refractivity contribution in [3.8, 4) is 0 Å². The Kier molecular flexibility index (Phi) is 14.2. The van der Waals surface area contributed by atoms with E-state index in [1.807, 2.05) is 0 Å². The number of rotatable bonds is 6. The zero-order chi connectivity index (χ0) is 19.8. The van der Waals surface area contributed by atoms with Crippen molar-refractivity contribution >= 4 is 29.4 Å². The van der Waals surface area contributed by atoms with Crippen molar-refractivity contribution in [2.45, 2.75) is 33.1 Å². The lowest BCUT2D eigenvalue weighted by atomic mass is 10.2. The number of esters is 1. The molecule has 0 aliphatic rings. The fourth-order valence-corrected chi connectivity index (χ4v) is 1.17. The number of carbonyl (C=O) groups excluding carboxylic acids is 2. The Balaban J connectivity index is 0. The maximum Gasteiger partial charge on any atom is 0.335 e. The standard InChI is InChI=1S/C7H8N2O2.C6H8O5.C3H8/c8-9-6-3-1-5(2-4-6)7(10)11;1-11-6(10)3-4(7)2-5(8)9;1-3-2/h1-4,9H,8H2,(H,10,11);2-3H2,1H3,(H,8,9);3H2,1-2H3. The highest BCUT2D eigenvalue weighted by atomic mass is 16.5. The van der Waals surface area contributed by atoms with Crippen molar-refractivity contribution < 1.29 is 34.1 Å². The van der Waals surface area contributed by atoms with Crippen LogP contribution in [0.4, 0.5) is 5.69 Å². The van der Waals surface area contributed by atoms with E-state index < -0.39 is 36.5 Å². The van der Waals surface area contributed by atoms with Crippen LogP contribution < -0.4 is 11.3 Å². The fraction of sp³-hybridized carbons (Fsp3) is 0.375. The van der Waals surface area contributed by atoms with Crippen molar-refractivity contribution in [3.05, 3.63) is 29.8 Å². The summed E-state index contributed by atoms with van der Waals surface area (Å²) in [7, 11) is 1.14. The van der Waals surface area contributed by atoms with E-state index in [-0.39, 0.29) is 5.56 Å². The molecule has 0 unspecified atom stereocenters. The van der Waals surface area contributed by atoms with Crippen LogP contribution in [0.2, 0.25) is 0 Å². The maximum atomic E-state index is 10.5. The molecule has 0 heterocycles. The number of hydrogen-bond acceptors (Lipinski definition) is 7. The van der Waals surface area contributed by atoms with E-state index in [1.165, 1.54) is 18.6 Å². The Morgan fingerprint density at radius 3 is 1.84 bits per heavy atom. The Morgan fingerprint density at radius 1 is 1.04 bits per heavy atom. The number of hydrazine groups is 1. The number of hydrogen-bond donors (Lipinski definition) is 4. The molecular weight excluding hydrogens is 332 g/mol. The van der Waals surface area contributed by atoms with Crippen molar-refractivity contribution in [1.29, 1.82) is 0 Å². The van der Waals surface area contributed by atoms with Gasteiger partial charge in [-0.05, 0) is 24.3 Å². The predicted molar refractivity (Wildman–Crippen MR) is 91.1 cm³/mol. The number of benzene rings is 1. The predicted octanol–water partition coefficient (Wildman–Crippen LogP) is 1.68. The van der Waals surface area contributed by atoms with Gasteiger partial charge in [-0.1, -0.05) is 20.3 Å². The van der Waals surface area contributed by atoms with Gasteiger partial charge in [0.05, 0.1) is 12.7 Å². The molecule has 9 heteroatoms. The minimum atomic E-state index is -1.24. The van der Waals surface area contributed by atoms with Crippen LogP contribution in [-0.2, 0) is 19.1 Å². The molecule has 0 atom stereocenters. The molecule has 9 nitrogen and oxygen atoms in total. The molecule has 1 aromatic carbocycles. The van der Waals surface area contributed by atoms with Gasteiger partial charge in [-0.3, -0.25) is 20.2 Å². The summed E-state index contributed by atoms with van der Waals surface area (Å²) in [6.07, 6.45) is 0.151. The Hall–Kier alpha value is -2.94. The molecular formula is C16H24N2O7. The first-order valence-corrected chi connectivity index (χ1v) is 7.31. The van der Waals surface area contributed by atoms with Crippen LogP contribution in [0.3, 0.4) is 0 Å². The largest absolute Gasteiger partial charge is 0.481 e. The number of nitrogen functional groups attached to an aromatic ring is 1.